The Kier molecular flexibility index (Phi) is 13.4. The van der Waals surface area contributed by atoms with Crippen molar-refractivity contribution in [1.82, 2.24) is 0 Å². The molecule has 3 nitrogen and oxygen atoms in total. The molecule has 0 fully saturated rings. The van der Waals surface area contributed by atoms with Crippen molar-refractivity contribution in [2.75, 3.05) is 14.7 Å². The summed E-state index contributed by atoms with van der Waals surface area (Å²) in [5, 5.41) is 0. The second-order valence-corrected chi connectivity index (χ2v) is 17.4. The van der Waals surface area contributed by atoms with Gasteiger partial charge in [0.15, 0.2) is 0 Å². The van der Waals surface area contributed by atoms with Crippen LogP contribution in [0.15, 0.2) is 218 Å². The fourth-order valence-corrected chi connectivity index (χ4v) is 8.32. The van der Waals surface area contributed by atoms with Crippen molar-refractivity contribution in [2.45, 2.75) is 41.0 Å². The SMILES string of the molecule is CCc1ccc(N(c2ccc(C=Cc3ccc(N(c4ccc(C)cc4)c4ccc(C)cc4)cc3)cc2)c2ccc(C=Cc3ccc(N(c4ccc(C)cc4)c4ccc(C)cc4)cc3)cc2)cc1. The van der Waals surface area contributed by atoms with E-state index >= 15 is 0 Å². The van der Waals surface area contributed by atoms with Gasteiger partial charge in [0.25, 0.3) is 0 Å². The third-order valence-electron chi connectivity index (χ3n) is 12.3. The highest BCUT2D eigenvalue weighted by atomic mass is 15.2. The van der Waals surface area contributed by atoms with Crippen LogP contribution in [0.2, 0.25) is 0 Å². The number of nitrogens with zero attached hydrogens (tertiary/aromatic N) is 3. The highest BCUT2D eigenvalue weighted by Gasteiger charge is 2.15. The molecule has 0 atom stereocenters. The molecular weight excluding hydrogens is 811 g/mol. The summed E-state index contributed by atoms with van der Waals surface area (Å²) in [5.74, 6) is 0. The Bertz CT molecular complexity index is 2770. The molecule has 9 aromatic rings. The van der Waals surface area contributed by atoms with Crippen LogP contribution in [0.4, 0.5) is 51.2 Å². The molecule has 3 heteroatoms. The van der Waals surface area contributed by atoms with Gasteiger partial charge in [-0.1, -0.05) is 163 Å². The van der Waals surface area contributed by atoms with Gasteiger partial charge in [-0.15, -0.1) is 0 Å². The monoisotopic (exact) mass is 867 g/mol. The highest BCUT2D eigenvalue weighted by Crippen LogP contribution is 2.38. The summed E-state index contributed by atoms with van der Waals surface area (Å²) in [4.78, 5) is 6.95. The Morgan fingerprint density at radius 3 is 0.582 bits per heavy atom. The molecule has 0 N–H and O–H groups in total. The second kappa shape index (κ2) is 20.4. The van der Waals surface area contributed by atoms with Gasteiger partial charge in [0, 0.05) is 51.2 Å². The van der Waals surface area contributed by atoms with Gasteiger partial charge in [-0.25, -0.2) is 0 Å². The minimum Gasteiger partial charge on any atom is -0.311 e. The Balaban J connectivity index is 0.913. The lowest BCUT2D eigenvalue weighted by molar-refractivity contribution is 1.14. The summed E-state index contributed by atoms with van der Waals surface area (Å²) >= 11 is 0. The Hall–Kier alpha value is -8.14. The summed E-state index contributed by atoms with van der Waals surface area (Å²) in [7, 11) is 0. The molecule has 0 radical (unpaired) electrons. The molecule has 0 aliphatic carbocycles. The Labute approximate surface area is 397 Å². The molecule has 0 aliphatic rings. The van der Waals surface area contributed by atoms with Crippen LogP contribution in [0.1, 0.15) is 57.0 Å². The largest absolute Gasteiger partial charge is 0.311 e. The molecule has 9 aromatic carbocycles. The smallest absolute Gasteiger partial charge is 0.0462 e. The summed E-state index contributed by atoms with van der Waals surface area (Å²) in [5.41, 5.74) is 21.0. The number of aryl methyl sites for hydroxylation is 5. The zero-order chi connectivity index (χ0) is 46.1. The zero-order valence-electron chi connectivity index (χ0n) is 39.1. The topological polar surface area (TPSA) is 9.72 Å². The molecule has 0 saturated carbocycles. The van der Waals surface area contributed by atoms with E-state index in [9.17, 15) is 0 Å². The second-order valence-electron chi connectivity index (χ2n) is 17.4. The predicted molar refractivity (Wildman–Crippen MR) is 290 cm³/mol. The van der Waals surface area contributed by atoms with Gasteiger partial charge in [0.2, 0.25) is 0 Å². The molecule has 0 aliphatic heterocycles. The fourth-order valence-electron chi connectivity index (χ4n) is 8.32. The molecule has 0 saturated heterocycles. The number of rotatable bonds is 14. The first kappa shape index (κ1) is 44.1. The Morgan fingerprint density at radius 1 is 0.239 bits per heavy atom. The molecular formula is C64H57N3. The maximum absolute atomic E-state index is 2.33. The van der Waals surface area contributed by atoms with Crippen molar-refractivity contribution in [3.63, 3.8) is 0 Å². The fraction of sp³-hybridized carbons (Fsp3) is 0.0938. The van der Waals surface area contributed by atoms with Crippen molar-refractivity contribution < 1.29 is 0 Å². The highest BCUT2D eigenvalue weighted by molar-refractivity contribution is 5.82. The van der Waals surface area contributed by atoms with Gasteiger partial charge in [-0.2, -0.15) is 0 Å². The molecule has 328 valence electrons. The van der Waals surface area contributed by atoms with E-state index in [-0.39, 0.29) is 0 Å². The van der Waals surface area contributed by atoms with Crippen LogP contribution in [-0.2, 0) is 6.42 Å². The van der Waals surface area contributed by atoms with Crippen LogP contribution in [0, 0.1) is 27.7 Å². The van der Waals surface area contributed by atoms with Crippen molar-refractivity contribution in [3.05, 3.63) is 268 Å². The van der Waals surface area contributed by atoms with Gasteiger partial charge in [0.1, 0.15) is 0 Å². The number of hydrogen-bond acceptors (Lipinski definition) is 3. The predicted octanol–water partition coefficient (Wildman–Crippen LogP) is 18.2. The van der Waals surface area contributed by atoms with E-state index in [4.69, 9.17) is 0 Å². The van der Waals surface area contributed by atoms with Gasteiger partial charge in [-0.3, -0.25) is 0 Å². The van der Waals surface area contributed by atoms with Gasteiger partial charge in [0.05, 0.1) is 0 Å². The first-order valence-electron chi connectivity index (χ1n) is 23.3. The van der Waals surface area contributed by atoms with Crippen LogP contribution >= 0.6 is 0 Å². The quantitative estimate of drug-likeness (QED) is 0.101. The van der Waals surface area contributed by atoms with E-state index in [1.807, 2.05) is 0 Å². The molecule has 67 heavy (non-hydrogen) atoms. The van der Waals surface area contributed by atoms with Crippen LogP contribution < -0.4 is 14.7 Å². The average Bonchev–Trinajstić information content (AvgIpc) is 3.37. The average molecular weight is 868 g/mol. The zero-order valence-corrected chi connectivity index (χ0v) is 39.1. The van der Waals surface area contributed by atoms with E-state index < -0.39 is 0 Å². The van der Waals surface area contributed by atoms with Gasteiger partial charge < -0.3 is 14.7 Å². The van der Waals surface area contributed by atoms with Gasteiger partial charge in [-0.05, 0) is 171 Å². The first-order valence-corrected chi connectivity index (χ1v) is 23.3. The van der Waals surface area contributed by atoms with Crippen molar-refractivity contribution in [3.8, 4) is 0 Å². The lowest BCUT2D eigenvalue weighted by Gasteiger charge is -2.26. The first-order chi connectivity index (χ1) is 32.8. The molecule has 0 aromatic heterocycles. The third kappa shape index (κ3) is 10.7. The summed E-state index contributed by atoms with van der Waals surface area (Å²) in [6.07, 6.45) is 9.76. The van der Waals surface area contributed by atoms with Crippen LogP contribution in [0.25, 0.3) is 24.3 Å². The van der Waals surface area contributed by atoms with Crippen molar-refractivity contribution in [2.24, 2.45) is 0 Å². The Morgan fingerprint density at radius 2 is 0.403 bits per heavy atom. The van der Waals surface area contributed by atoms with Crippen molar-refractivity contribution in [1.29, 1.82) is 0 Å². The molecule has 0 bridgehead atoms. The molecule has 0 heterocycles. The maximum Gasteiger partial charge on any atom is 0.0462 e. The summed E-state index contributed by atoms with van der Waals surface area (Å²) in [6, 6.07) is 79.1. The van der Waals surface area contributed by atoms with E-state index in [0.717, 1.165) is 79.9 Å². The van der Waals surface area contributed by atoms with E-state index in [1.165, 1.54) is 27.8 Å². The van der Waals surface area contributed by atoms with E-state index in [0.29, 0.717) is 0 Å². The number of anilines is 9. The molecule has 0 spiro atoms. The normalized spacial score (nSPS) is 11.3. The van der Waals surface area contributed by atoms with E-state index in [1.54, 1.807) is 0 Å². The van der Waals surface area contributed by atoms with E-state index in [2.05, 4.69) is 292 Å². The third-order valence-corrected chi connectivity index (χ3v) is 12.3. The molecule has 0 unspecified atom stereocenters. The minimum atomic E-state index is 1.00. The molecule has 9 rings (SSSR count). The summed E-state index contributed by atoms with van der Waals surface area (Å²) in [6.45, 7) is 10.7. The van der Waals surface area contributed by atoms with Crippen LogP contribution in [0.5, 0.6) is 0 Å². The van der Waals surface area contributed by atoms with Crippen LogP contribution in [0.3, 0.4) is 0 Å². The van der Waals surface area contributed by atoms with Crippen molar-refractivity contribution >= 4 is 75.5 Å². The maximum atomic E-state index is 2.33. The van der Waals surface area contributed by atoms with Gasteiger partial charge >= 0.3 is 0 Å². The number of benzene rings is 9. The van der Waals surface area contributed by atoms with Crippen LogP contribution in [-0.4, -0.2) is 0 Å². The minimum absolute atomic E-state index is 1.00. The summed E-state index contributed by atoms with van der Waals surface area (Å²) < 4.78 is 0. The number of hydrogen-bond donors (Lipinski definition) is 0. The molecule has 0 amide bonds. The lowest BCUT2D eigenvalue weighted by atomic mass is 10.1. The standard InChI is InChI=1S/C64H57N3/c1-6-51-19-37-60(38-20-51)67(63-43-25-54(26-44-63)17-15-52-21-39-61(40-22-52)65(56-29-7-47(2)8-30-56)57-31-9-48(3)10-32-57)64-45-27-55(28-46-64)18-16-53-23-41-62(42-24-53)66(58-33-11-49(4)12-34-58)59-35-13-50(5)14-36-59/h7-46H,6H2,1-5H3. The lowest BCUT2D eigenvalue weighted by Crippen LogP contribution is -2.10.